The predicted octanol–water partition coefficient (Wildman–Crippen LogP) is 4.22. The van der Waals surface area contributed by atoms with Crippen LogP contribution in [0.4, 0.5) is 17.6 Å². The van der Waals surface area contributed by atoms with Crippen molar-refractivity contribution in [2.24, 2.45) is 0 Å². The van der Waals surface area contributed by atoms with E-state index in [1.165, 1.54) is 12.3 Å². The number of halogens is 4. The van der Waals surface area contributed by atoms with E-state index in [0.717, 1.165) is 5.69 Å². The molecule has 1 N–H and O–H groups in total. The van der Waals surface area contributed by atoms with E-state index in [4.69, 9.17) is 0 Å². The summed E-state index contributed by atoms with van der Waals surface area (Å²) in [4.78, 5) is 15.1. The Morgan fingerprint density at radius 3 is 2.77 bits per heavy atom. The molecular formula is C17H13F4N5. The standard InChI is InChI=1S/C17H13F4N5/c1-9-5-24-16-13(18)4-10(8-26(9)16)11-6-23-15-12(11)7-22-14(25-15)2-3-17(19,20)21/h4-8H,2-3H2,1H3,(H,22,23,25). The Morgan fingerprint density at radius 1 is 1.19 bits per heavy atom. The van der Waals surface area contributed by atoms with Gasteiger partial charge in [0.1, 0.15) is 11.5 Å². The molecule has 134 valence electrons. The Labute approximate surface area is 144 Å². The highest BCUT2D eigenvalue weighted by atomic mass is 19.4. The Balaban J connectivity index is 1.75. The van der Waals surface area contributed by atoms with E-state index >= 15 is 0 Å². The van der Waals surface area contributed by atoms with Crippen molar-refractivity contribution < 1.29 is 17.6 Å². The zero-order valence-corrected chi connectivity index (χ0v) is 13.6. The maximum Gasteiger partial charge on any atom is 0.389 e. The summed E-state index contributed by atoms with van der Waals surface area (Å²) in [5, 5.41) is 0.609. The Kier molecular flexibility index (Phi) is 3.67. The molecule has 0 aliphatic carbocycles. The summed E-state index contributed by atoms with van der Waals surface area (Å²) >= 11 is 0. The topological polar surface area (TPSA) is 58.9 Å². The number of hydrogen-bond acceptors (Lipinski definition) is 3. The third-order valence-electron chi connectivity index (χ3n) is 4.17. The van der Waals surface area contributed by atoms with E-state index in [0.29, 0.717) is 22.2 Å². The van der Waals surface area contributed by atoms with Crippen LogP contribution < -0.4 is 0 Å². The Bertz CT molecular complexity index is 1110. The number of aromatic nitrogens is 5. The van der Waals surface area contributed by atoms with E-state index in [9.17, 15) is 17.6 Å². The normalized spacial score (nSPS) is 12.3. The van der Waals surface area contributed by atoms with Gasteiger partial charge in [0, 0.05) is 53.4 Å². The maximum absolute atomic E-state index is 14.3. The second-order valence-corrected chi connectivity index (χ2v) is 6.04. The number of fused-ring (bicyclic) bond motifs is 2. The molecule has 9 heteroatoms. The lowest BCUT2D eigenvalue weighted by Gasteiger charge is -2.06. The first-order valence-electron chi connectivity index (χ1n) is 7.85. The van der Waals surface area contributed by atoms with Crippen molar-refractivity contribution in [1.82, 2.24) is 24.3 Å². The van der Waals surface area contributed by atoms with Crippen LogP contribution in [-0.4, -0.2) is 30.5 Å². The first-order chi connectivity index (χ1) is 12.3. The van der Waals surface area contributed by atoms with Crippen LogP contribution in [0.25, 0.3) is 27.8 Å². The van der Waals surface area contributed by atoms with Crippen LogP contribution in [0.5, 0.6) is 0 Å². The van der Waals surface area contributed by atoms with Crippen molar-refractivity contribution >= 4 is 16.7 Å². The highest BCUT2D eigenvalue weighted by molar-refractivity contribution is 5.93. The molecule has 0 aliphatic heterocycles. The third kappa shape index (κ3) is 2.89. The van der Waals surface area contributed by atoms with Crippen LogP contribution in [0.3, 0.4) is 0 Å². The van der Waals surface area contributed by atoms with Crippen LogP contribution in [-0.2, 0) is 6.42 Å². The number of nitrogens with zero attached hydrogens (tertiary/aromatic N) is 4. The summed E-state index contributed by atoms with van der Waals surface area (Å²) in [5.74, 6) is -0.358. The van der Waals surface area contributed by atoms with Gasteiger partial charge in [-0.25, -0.2) is 19.3 Å². The predicted molar refractivity (Wildman–Crippen MR) is 87.1 cm³/mol. The van der Waals surface area contributed by atoms with E-state index in [1.807, 2.05) is 6.92 Å². The number of alkyl halides is 3. The second-order valence-electron chi connectivity index (χ2n) is 6.04. The average Bonchev–Trinajstić information content (AvgIpc) is 3.16. The monoisotopic (exact) mass is 363 g/mol. The molecule has 0 spiro atoms. The molecule has 4 rings (SSSR count). The number of nitrogens with one attached hydrogen (secondary N) is 1. The number of imidazole rings is 1. The number of aromatic amines is 1. The van der Waals surface area contributed by atoms with Crippen molar-refractivity contribution in [1.29, 1.82) is 0 Å². The third-order valence-corrected chi connectivity index (χ3v) is 4.17. The highest BCUT2D eigenvalue weighted by Crippen LogP contribution is 2.29. The fraction of sp³-hybridized carbons (Fsp3) is 0.235. The molecule has 0 amide bonds. The molecule has 0 aromatic carbocycles. The number of H-pyrrole nitrogens is 1. The summed E-state index contributed by atoms with van der Waals surface area (Å²) in [7, 11) is 0. The number of pyridine rings is 1. The smallest absolute Gasteiger partial charge is 0.345 e. The minimum Gasteiger partial charge on any atom is -0.345 e. The molecule has 0 fully saturated rings. The van der Waals surface area contributed by atoms with Gasteiger partial charge in [-0.05, 0) is 13.0 Å². The molecule has 5 nitrogen and oxygen atoms in total. The average molecular weight is 363 g/mol. The van der Waals surface area contributed by atoms with Gasteiger partial charge in [-0.2, -0.15) is 13.2 Å². The molecule has 4 heterocycles. The molecule has 0 unspecified atom stereocenters. The number of rotatable bonds is 3. The van der Waals surface area contributed by atoms with Crippen LogP contribution in [0.15, 0.2) is 30.9 Å². The first-order valence-corrected chi connectivity index (χ1v) is 7.85. The van der Waals surface area contributed by atoms with Gasteiger partial charge >= 0.3 is 6.18 Å². The van der Waals surface area contributed by atoms with Gasteiger partial charge in [0.2, 0.25) is 0 Å². The van der Waals surface area contributed by atoms with Gasteiger partial charge < -0.3 is 9.38 Å². The SMILES string of the molecule is Cc1cnc2c(F)cc(-c3c[nH]c4nc(CCC(F)(F)F)ncc34)cn12. The molecule has 0 saturated carbocycles. The molecule has 4 aromatic heterocycles. The van der Waals surface area contributed by atoms with Crippen LogP contribution in [0, 0.1) is 12.7 Å². The van der Waals surface area contributed by atoms with Crippen molar-refractivity contribution in [2.75, 3.05) is 0 Å². The van der Waals surface area contributed by atoms with Crippen LogP contribution >= 0.6 is 0 Å². The first kappa shape index (κ1) is 16.5. The summed E-state index contributed by atoms with van der Waals surface area (Å²) in [6, 6.07) is 1.36. The molecule has 0 saturated heterocycles. The van der Waals surface area contributed by atoms with Gasteiger partial charge in [0.05, 0.1) is 6.42 Å². The van der Waals surface area contributed by atoms with Crippen molar-refractivity contribution in [3.63, 3.8) is 0 Å². The molecule has 0 aliphatic rings. The summed E-state index contributed by atoms with van der Waals surface area (Å²) in [5.41, 5.74) is 2.68. The van der Waals surface area contributed by atoms with Crippen LogP contribution in [0.2, 0.25) is 0 Å². The summed E-state index contributed by atoms with van der Waals surface area (Å²) < 4.78 is 53.0. The number of aryl methyl sites for hydroxylation is 2. The highest BCUT2D eigenvalue weighted by Gasteiger charge is 2.27. The molecular weight excluding hydrogens is 350 g/mol. The molecule has 0 radical (unpaired) electrons. The minimum atomic E-state index is -4.26. The van der Waals surface area contributed by atoms with Gasteiger partial charge in [-0.3, -0.25) is 0 Å². The molecule has 0 bridgehead atoms. The lowest BCUT2D eigenvalue weighted by molar-refractivity contribution is -0.134. The van der Waals surface area contributed by atoms with Crippen molar-refractivity contribution in [3.8, 4) is 11.1 Å². The maximum atomic E-state index is 14.3. The van der Waals surface area contributed by atoms with Crippen LogP contribution in [0.1, 0.15) is 17.9 Å². The summed E-state index contributed by atoms with van der Waals surface area (Å²) in [6.07, 6.45) is 0.905. The van der Waals surface area contributed by atoms with Gasteiger partial charge in [0.25, 0.3) is 0 Å². The lowest BCUT2D eigenvalue weighted by Crippen LogP contribution is -2.10. The van der Waals surface area contributed by atoms with Gasteiger partial charge in [-0.1, -0.05) is 0 Å². The van der Waals surface area contributed by atoms with Gasteiger partial charge in [0.15, 0.2) is 11.5 Å². The van der Waals surface area contributed by atoms with E-state index in [2.05, 4.69) is 19.9 Å². The fourth-order valence-corrected chi connectivity index (χ4v) is 2.87. The van der Waals surface area contributed by atoms with E-state index in [1.54, 1.807) is 23.0 Å². The Morgan fingerprint density at radius 2 is 2.00 bits per heavy atom. The lowest BCUT2D eigenvalue weighted by atomic mass is 10.1. The molecule has 0 atom stereocenters. The van der Waals surface area contributed by atoms with E-state index < -0.39 is 18.4 Å². The van der Waals surface area contributed by atoms with Crippen molar-refractivity contribution in [3.05, 3.63) is 48.2 Å². The largest absolute Gasteiger partial charge is 0.389 e. The fourth-order valence-electron chi connectivity index (χ4n) is 2.87. The second kappa shape index (κ2) is 5.79. The Hall–Kier alpha value is -2.97. The summed E-state index contributed by atoms with van der Waals surface area (Å²) in [6.45, 7) is 1.81. The van der Waals surface area contributed by atoms with Gasteiger partial charge in [-0.15, -0.1) is 0 Å². The molecule has 4 aromatic rings. The number of hydrogen-bond donors (Lipinski definition) is 1. The van der Waals surface area contributed by atoms with Crippen molar-refractivity contribution in [2.45, 2.75) is 25.9 Å². The molecule has 26 heavy (non-hydrogen) atoms. The minimum absolute atomic E-state index is 0.107. The van der Waals surface area contributed by atoms with E-state index in [-0.39, 0.29) is 17.9 Å². The zero-order valence-electron chi connectivity index (χ0n) is 13.6. The zero-order chi connectivity index (χ0) is 18.5. The quantitative estimate of drug-likeness (QED) is 0.555.